The van der Waals surface area contributed by atoms with Crippen molar-refractivity contribution < 1.29 is 14.3 Å². The second-order valence-corrected chi connectivity index (χ2v) is 5.62. The van der Waals surface area contributed by atoms with Crippen LogP contribution in [0.3, 0.4) is 0 Å². The molecule has 128 valence electrons. The largest absolute Gasteiger partial charge is 0.463 e. The summed E-state index contributed by atoms with van der Waals surface area (Å²) >= 11 is 0. The van der Waals surface area contributed by atoms with Crippen LogP contribution >= 0.6 is 0 Å². The van der Waals surface area contributed by atoms with E-state index in [2.05, 4.69) is 12.2 Å². The minimum absolute atomic E-state index is 0.229. The molecule has 0 fully saturated rings. The molecule has 0 atom stereocenters. The molecule has 1 N–H and O–H groups in total. The van der Waals surface area contributed by atoms with Gasteiger partial charge in [-0.15, -0.1) is 0 Å². The number of esters is 1. The van der Waals surface area contributed by atoms with Gasteiger partial charge in [0.05, 0.1) is 6.61 Å². The maximum Gasteiger partial charge on any atom is 0.330 e. The van der Waals surface area contributed by atoms with E-state index in [-0.39, 0.29) is 5.91 Å². The zero-order valence-corrected chi connectivity index (χ0v) is 14.4. The summed E-state index contributed by atoms with van der Waals surface area (Å²) in [5.74, 6) is -0.687. The molecule has 0 rings (SSSR count). The number of unbranched alkanes of at least 4 members (excludes halogenated alkanes) is 8. The van der Waals surface area contributed by atoms with Crippen molar-refractivity contribution in [2.24, 2.45) is 0 Å². The number of ether oxygens (including phenoxy) is 1. The van der Waals surface area contributed by atoms with Crippen LogP contribution in [0, 0.1) is 0 Å². The fourth-order valence-electron chi connectivity index (χ4n) is 2.10. The minimum atomic E-state index is -0.458. The van der Waals surface area contributed by atoms with Gasteiger partial charge in [0.15, 0.2) is 0 Å². The lowest BCUT2D eigenvalue weighted by molar-refractivity contribution is -0.138. The lowest BCUT2D eigenvalue weighted by Crippen LogP contribution is -2.22. The van der Waals surface area contributed by atoms with Gasteiger partial charge < -0.3 is 10.1 Å². The summed E-state index contributed by atoms with van der Waals surface area (Å²) in [6, 6.07) is 0. The number of carbonyl (C=O) groups excluding carboxylic acids is 2. The summed E-state index contributed by atoms with van der Waals surface area (Å²) in [5.41, 5.74) is 0. The summed E-state index contributed by atoms with van der Waals surface area (Å²) < 4.78 is 4.84. The van der Waals surface area contributed by atoms with Crippen molar-refractivity contribution in [2.45, 2.75) is 78.1 Å². The lowest BCUT2D eigenvalue weighted by atomic mass is 10.1. The molecule has 0 aliphatic carbocycles. The predicted molar refractivity (Wildman–Crippen MR) is 90.6 cm³/mol. The van der Waals surface area contributed by atoms with Crippen molar-refractivity contribution in [2.75, 3.05) is 13.2 Å². The molecule has 0 heterocycles. The summed E-state index contributed by atoms with van der Waals surface area (Å²) in [6.45, 7) is 5.22. The molecule has 0 saturated carbocycles. The van der Waals surface area contributed by atoms with Crippen LogP contribution < -0.4 is 5.32 Å². The van der Waals surface area contributed by atoms with E-state index in [1.807, 2.05) is 6.92 Å². The van der Waals surface area contributed by atoms with Crippen molar-refractivity contribution in [3.63, 3.8) is 0 Å². The fourth-order valence-corrected chi connectivity index (χ4v) is 2.10. The highest BCUT2D eigenvalue weighted by molar-refractivity contribution is 5.94. The standard InChI is InChI=1S/C18H33NO3/c1-3-5-6-7-8-9-10-11-12-15-19-17(20)13-14-18(21)22-16-4-2/h13-14H,3-12,15-16H2,1-2H3,(H,19,20)/b14-13+. The molecule has 0 aromatic heterocycles. The number of rotatable bonds is 14. The van der Waals surface area contributed by atoms with E-state index in [1.165, 1.54) is 57.1 Å². The number of carbonyl (C=O) groups is 2. The first kappa shape index (κ1) is 20.7. The van der Waals surface area contributed by atoms with Crippen molar-refractivity contribution >= 4 is 11.9 Å². The van der Waals surface area contributed by atoms with Crippen molar-refractivity contribution in [3.8, 4) is 0 Å². The first-order chi connectivity index (χ1) is 10.7. The number of hydrogen-bond donors (Lipinski definition) is 1. The smallest absolute Gasteiger partial charge is 0.330 e. The second-order valence-electron chi connectivity index (χ2n) is 5.62. The van der Waals surface area contributed by atoms with Crippen LogP contribution in [0.4, 0.5) is 0 Å². The van der Waals surface area contributed by atoms with Gasteiger partial charge in [0.2, 0.25) is 5.91 Å². The van der Waals surface area contributed by atoms with Crippen molar-refractivity contribution in [1.82, 2.24) is 5.32 Å². The van der Waals surface area contributed by atoms with Crippen LogP contribution in [0.5, 0.6) is 0 Å². The van der Waals surface area contributed by atoms with Crippen LogP contribution in [-0.2, 0) is 14.3 Å². The molecule has 0 unspecified atom stereocenters. The van der Waals surface area contributed by atoms with Crippen LogP contribution in [0.15, 0.2) is 12.2 Å². The van der Waals surface area contributed by atoms with Gasteiger partial charge in [0.1, 0.15) is 0 Å². The van der Waals surface area contributed by atoms with Crippen molar-refractivity contribution in [1.29, 1.82) is 0 Å². The zero-order chi connectivity index (χ0) is 16.5. The quantitative estimate of drug-likeness (QED) is 0.298. The first-order valence-electron chi connectivity index (χ1n) is 8.83. The van der Waals surface area contributed by atoms with Crippen LogP contribution in [0.2, 0.25) is 0 Å². The highest BCUT2D eigenvalue weighted by Crippen LogP contribution is 2.09. The molecule has 0 aromatic rings. The molecule has 0 saturated heterocycles. The van der Waals surface area contributed by atoms with Gasteiger partial charge >= 0.3 is 5.97 Å². The molecule has 4 heteroatoms. The first-order valence-corrected chi connectivity index (χ1v) is 8.83. The minimum Gasteiger partial charge on any atom is -0.463 e. The Kier molecular flexibility index (Phi) is 15.1. The average Bonchev–Trinajstić information content (AvgIpc) is 2.52. The molecular weight excluding hydrogens is 278 g/mol. The van der Waals surface area contributed by atoms with E-state index in [0.717, 1.165) is 19.3 Å². The van der Waals surface area contributed by atoms with E-state index < -0.39 is 5.97 Å². The Labute approximate surface area is 135 Å². The third kappa shape index (κ3) is 15.1. The lowest BCUT2D eigenvalue weighted by Gasteiger charge is -2.03. The van der Waals surface area contributed by atoms with E-state index >= 15 is 0 Å². The summed E-state index contributed by atoms with van der Waals surface area (Å²) in [7, 11) is 0. The number of nitrogens with one attached hydrogen (secondary N) is 1. The second kappa shape index (κ2) is 16.1. The molecule has 0 aliphatic rings. The zero-order valence-electron chi connectivity index (χ0n) is 14.4. The monoisotopic (exact) mass is 311 g/mol. The van der Waals surface area contributed by atoms with E-state index in [4.69, 9.17) is 4.74 Å². The van der Waals surface area contributed by atoms with Gasteiger partial charge in [0, 0.05) is 18.7 Å². The molecule has 22 heavy (non-hydrogen) atoms. The van der Waals surface area contributed by atoms with E-state index in [0.29, 0.717) is 13.2 Å². The highest BCUT2D eigenvalue weighted by atomic mass is 16.5. The Morgan fingerprint density at radius 1 is 0.818 bits per heavy atom. The van der Waals surface area contributed by atoms with Gasteiger partial charge in [0.25, 0.3) is 0 Å². The highest BCUT2D eigenvalue weighted by Gasteiger charge is 1.99. The van der Waals surface area contributed by atoms with Gasteiger partial charge in [-0.3, -0.25) is 4.79 Å². The van der Waals surface area contributed by atoms with E-state index in [9.17, 15) is 9.59 Å². The van der Waals surface area contributed by atoms with Crippen LogP contribution in [-0.4, -0.2) is 25.0 Å². The van der Waals surface area contributed by atoms with Crippen molar-refractivity contribution in [3.05, 3.63) is 12.2 Å². The number of hydrogen-bond acceptors (Lipinski definition) is 3. The Bertz CT molecular complexity index is 313. The van der Waals surface area contributed by atoms with Crippen LogP contribution in [0.25, 0.3) is 0 Å². The molecular formula is C18H33NO3. The van der Waals surface area contributed by atoms with Gasteiger partial charge in [-0.2, -0.15) is 0 Å². The predicted octanol–water partition coefficient (Wildman–Crippen LogP) is 4.14. The van der Waals surface area contributed by atoms with E-state index in [1.54, 1.807) is 0 Å². The Morgan fingerprint density at radius 2 is 1.41 bits per heavy atom. The van der Waals surface area contributed by atoms with Gasteiger partial charge in [-0.1, -0.05) is 65.2 Å². The Morgan fingerprint density at radius 3 is 2.00 bits per heavy atom. The third-order valence-corrected chi connectivity index (χ3v) is 3.40. The summed E-state index contributed by atoms with van der Waals surface area (Å²) in [6.07, 6.45) is 14.6. The molecule has 0 bridgehead atoms. The maximum absolute atomic E-state index is 11.5. The van der Waals surface area contributed by atoms with Gasteiger partial charge in [-0.25, -0.2) is 4.79 Å². The summed E-state index contributed by atoms with van der Waals surface area (Å²) in [5, 5.41) is 2.78. The van der Waals surface area contributed by atoms with Crippen LogP contribution in [0.1, 0.15) is 78.1 Å². The Hall–Kier alpha value is -1.32. The summed E-state index contributed by atoms with van der Waals surface area (Å²) in [4.78, 5) is 22.6. The average molecular weight is 311 g/mol. The molecule has 0 aliphatic heterocycles. The normalized spacial score (nSPS) is 10.8. The SMILES string of the molecule is CCCCCCCCCCCNC(=O)/C=C/C(=O)OCCC. The topological polar surface area (TPSA) is 55.4 Å². The molecule has 1 amide bonds. The number of amides is 1. The third-order valence-electron chi connectivity index (χ3n) is 3.40. The van der Waals surface area contributed by atoms with Gasteiger partial charge in [-0.05, 0) is 12.8 Å². The molecule has 0 aromatic carbocycles. The molecule has 0 spiro atoms. The molecule has 4 nitrogen and oxygen atoms in total. The fraction of sp³-hybridized carbons (Fsp3) is 0.778. The Balaban J connectivity index is 3.38. The molecule has 0 radical (unpaired) electrons. The maximum atomic E-state index is 11.5.